The summed E-state index contributed by atoms with van der Waals surface area (Å²) in [6.07, 6.45) is 5.23. The minimum atomic E-state index is -6.09. The van der Waals surface area contributed by atoms with Crippen LogP contribution in [0.1, 0.15) is 0 Å². The highest BCUT2D eigenvalue weighted by Crippen LogP contribution is 2.20. The molecule has 0 atom stereocenters. The molecule has 1 rings (SSSR count). The standard InChI is InChI=1S/C6H8N2O2.CHF3O3S/c1-7-2-3-8(5-7)4-6(9)10;2-1(3,4)8(5,6)7/h2-3,5H,4H2,1H3;(H,5,6,7). The molecule has 1 aromatic rings. The van der Waals surface area contributed by atoms with Crippen molar-refractivity contribution in [1.82, 2.24) is 4.57 Å². The van der Waals surface area contributed by atoms with E-state index in [1.807, 2.05) is 7.05 Å². The molecule has 0 fully saturated rings. The molecule has 0 amide bonds. The lowest BCUT2D eigenvalue weighted by Crippen LogP contribution is -2.24. The maximum Gasteiger partial charge on any atom is 0.485 e. The molecule has 7 nitrogen and oxygen atoms in total. The Bertz CT molecular complexity index is 507. The summed E-state index contributed by atoms with van der Waals surface area (Å²) in [5.41, 5.74) is -5.65. The first-order valence-corrected chi connectivity index (χ1v) is 5.59. The molecule has 0 radical (unpaired) electrons. The highest BCUT2D eigenvalue weighted by molar-refractivity contribution is 7.86. The maximum atomic E-state index is 10.7. The van der Waals surface area contributed by atoms with Crippen LogP contribution >= 0.6 is 0 Å². The molecule has 104 valence electrons. The zero-order valence-corrected chi connectivity index (χ0v) is 9.77. The molecule has 11 heteroatoms. The molecular weight excluding hydrogens is 281 g/mol. The van der Waals surface area contributed by atoms with Crippen molar-refractivity contribution in [3.63, 3.8) is 0 Å². The molecule has 0 aliphatic heterocycles. The lowest BCUT2D eigenvalue weighted by Gasteiger charge is -2.08. The van der Waals surface area contributed by atoms with Gasteiger partial charge in [0.1, 0.15) is 12.4 Å². The van der Waals surface area contributed by atoms with Crippen molar-refractivity contribution in [1.29, 1.82) is 0 Å². The van der Waals surface area contributed by atoms with Gasteiger partial charge in [0.25, 0.3) is 0 Å². The number of carbonyl (C=O) groups is 1. The van der Waals surface area contributed by atoms with E-state index in [4.69, 9.17) is 18.1 Å². The number of aliphatic carboxylic acids is 1. The number of nitrogens with zero attached hydrogens (tertiary/aromatic N) is 2. The Hall–Kier alpha value is -1.62. The monoisotopic (exact) mass is 290 g/mol. The zero-order chi connectivity index (χ0) is 14.6. The van der Waals surface area contributed by atoms with Gasteiger partial charge < -0.3 is 9.66 Å². The van der Waals surface area contributed by atoms with Gasteiger partial charge in [0, 0.05) is 0 Å². The van der Waals surface area contributed by atoms with E-state index in [9.17, 15) is 18.0 Å². The number of carboxylic acids is 1. The fraction of sp³-hybridized carbons (Fsp3) is 0.429. The lowest BCUT2D eigenvalue weighted by atomic mass is 10.6. The summed E-state index contributed by atoms with van der Waals surface area (Å²) < 4.78 is 62.3. The minimum Gasteiger partial charge on any atom is -0.741 e. The second kappa shape index (κ2) is 5.82. The molecular formula is C7H9F3N2O5S. The second-order valence-electron chi connectivity index (χ2n) is 3.05. The van der Waals surface area contributed by atoms with E-state index in [0.29, 0.717) is 0 Å². The predicted octanol–water partition coefficient (Wildman–Crippen LogP) is -0.551. The van der Waals surface area contributed by atoms with E-state index in [0.717, 1.165) is 0 Å². The van der Waals surface area contributed by atoms with E-state index in [1.165, 1.54) is 0 Å². The molecule has 0 saturated heterocycles. The summed E-state index contributed by atoms with van der Waals surface area (Å²) in [4.78, 5) is 10.1. The maximum absolute atomic E-state index is 10.7. The van der Waals surface area contributed by atoms with Crippen LogP contribution in [0.5, 0.6) is 0 Å². The number of imidazole rings is 1. The van der Waals surface area contributed by atoms with Crippen molar-refractivity contribution in [2.24, 2.45) is 7.05 Å². The van der Waals surface area contributed by atoms with Crippen molar-refractivity contribution < 1.29 is 40.6 Å². The van der Waals surface area contributed by atoms with Gasteiger partial charge in [-0.25, -0.2) is 22.3 Å². The van der Waals surface area contributed by atoms with Crippen LogP contribution in [0.4, 0.5) is 13.2 Å². The number of halogens is 3. The van der Waals surface area contributed by atoms with Crippen molar-refractivity contribution in [2.75, 3.05) is 0 Å². The molecule has 1 aromatic heterocycles. The first-order valence-electron chi connectivity index (χ1n) is 4.18. The SMILES string of the molecule is C[n+]1ccn(CC(=O)O)c1.O=S(=O)([O-])C(F)(F)F. The lowest BCUT2D eigenvalue weighted by molar-refractivity contribution is -0.671. The van der Waals surface area contributed by atoms with Crippen LogP contribution in [0, 0.1) is 0 Å². The highest BCUT2D eigenvalue weighted by atomic mass is 32.2. The summed E-state index contributed by atoms with van der Waals surface area (Å²) in [7, 11) is -4.24. The number of aryl methyl sites for hydroxylation is 1. The average Bonchev–Trinajstić information content (AvgIpc) is 2.47. The van der Waals surface area contributed by atoms with Crippen LogP contribution in [-0.2, 0) is 28.5 Å². The Labute approximate surface area is 99.8 Å². The Morgan fingerprint density at radius 2 is 1.94 bits per heavy atom. The van der Waals surface area contributed by atoms with Gasteiger partial charge in [-0.1, -0.05) is 0 Å². The summed E-state index contributed by atoms with van der Waals surface area (Å²) in [5.74, 6) is -0.823. The molecule has 1 heterocycles. The molecule has 1 N–H and O–H groups in total. The average molecular weight is 290 g/mol. The van der Waals surface area contributed by atoms with Crippen LogP contribution in [0.2, 0.25) is 0 Å². The normalized spacial score (nSPS) is 11.6. The molecule has 0 aliphatic rings. The van der Waals surface area contributed by atoms with E-state index >= 15 is 0 Å². The van der Waals surface area contributed by atoms with E-state index in [-0.39, 0.29) is 6.54 Å². The topological polar surface area (TPSA) is 103 Å². The summed E-state index contributed by atoms with van der Waals surface area (Å²) >= 11 is 0. The van der Waals surface area contributed by atoms with Gasteiger partial charge in [0.05, 0.1) is 7.05 Å². The predicted molar refractivity (Wildman–Crippen MR) is 49.0 cm³/mol. The molecule has 0 saturated carbocycles. The number of rotatable bonds is 2. The van der Waals surface area contributed by atoms with Crippen LogP contribution in [0.25, 0.3) is 0 Å². The van der Waals surface area contributed by atoms with Crippen molar-refractivity contribution in [3.8, 4) is 0 Å². The largest absolute Gasteiger partial charge is 0.741 e. The molecule has 0 bridgehead atoms. The van der Waals surface area contributed by atoms with Gasteiger partial charge in [0.2, 0.25) is 6.33 Å². The van der Waals surface area contributed by atoms with Crippen LogP contribution in [0.15, 0.2) is 18.7 Å². The molecule has 0 aromatic carbocycles. The van der Waals surface area contributed by atoms with Crippen molar-refractivity contribution in [3.05, 3.63) is 18.7 Å². The quantitative estimate of drug-likeness (QED) is 0.447. The number of hydrogen-bond donors (Lipinski definition) is 1. The molecule has 0 spiro atoms. The minimum absolute atomic E-state index is 0.0286. The Balaban J connectivity index is 0.000000331. The smallest absolute Gasteiger partial charge is 0.485 e. The van der Waals surface area contributed by atoms with Gasteiger partial charge in [-0.3, -0.25) is 0 Å². The molecule has 0 aliphatic carbocycles. The first-order chi connectivity index (χ1) is 7.93. The third-order valence-electron chi connectivity index (χ3n) is 1.43. The summed E-state index contributed by atoms with van der Waals surface area (Å²) in [5, 5.41) is 8.35. The summed E-state index contributed by atoms with van der Waals surface area (Å²) in [6.45, 7) is 0.0286. The number of hydrogen-bond acceptors (Lipinski definition) is 4. The van der Waals surface area contributed by atoms with Crippen molar-refractivity contribution in [2.45, 2.75) is 12.1 Å². The molecule has 0 unspecified atom stereocenters. The summed E-state index contributed by atoms with van der Waals surface area (Å²) in [6, 6.07) is 0. The van der Waals surface area contributed by atoms with Gasteiger partial charge >= 0.3 is 11.5 Å². The van der Waals surface area contributed by atoms with Gasteiger partial charge in [-0.2, -0.15) is 13.2 Å². The fourth-order valence-electron chi connectivity index (χ4n) is 0.751. The Morgan fingerprint density at radius 3 is 2.17 bits per heavy atom. The number of alkyl halides is 3. The van der Waals surface area contributed by atoms with Crippen LogP contribution < -0.4 is 4.57 Å². The number of carboxylic acid groups (broad SMARTS) is 1. The molecule has 18 heavy (non-hydrogen) atoms. The second-order valence-corrected chi connectivity index (χ2v) is 4.42. The third-order valence-corrected chi connectivity index (χ3v) is 1.99. The van der Waals surface area contributed by atoms with E-state index in [2.05, 4.69) is 0 Å². The Morgan fingerprint density at radius 1 is 1.50 bits per heavy atom. The van der Waals surface area contributed by atoms with Gasteiger partial charge in [-0.05, 0) is 0 Å². The van der Waals surface area contributed by atoms with Gasteiger partial charge in [-0.15, -0.1) is 0 Å². The zero-order valence-electron chi connectivity index (χ0n) is 8.96. The van der Waals surface area contributed by atoms with Gasteiger partial charge in [0.15, 0.2) is 16.7 Å². The Kier molecular flexibility index (Phi) is 5.29. The van der Waals surface area contributed by atoms with Crippen LogP contribution in [-0.4, -0.2) is 34.1 Å². The third kappa shape index (κ3) is 6.20. The van der Waals surface area contributed by atoms with E-state index < -0.39 is 21.6 Å². The number of aromatic nitrogens is 2. The fourth-order valence-corrected chi connectivity index (χ4v) is 0.751. The van der Waals surface area contributed by atoms with Crippen LogP contribution in [0.3, 0.4) is 0 Å². The van der Waals surface area contributed by atoms with E-state index in [1.54, 1.807) is 27.9 Å². The van der Waals surface area contributed by atoms with Crippen molar-refractivity contribution >= 4 is 16.1 Å². The first kappa shape index (κ1) is 16.4. The highest BCUT2D eigenvalue weighted by Gasteiger charge is 2.36.